The highest BCUT2D eigenvalue weighted by Crippen LogP contribution is 2.34. The molecule has 0 atom stereocenters. The van der Waals surface area contributed by atoms with Crippen LogP contribution < -0.4 is 0 Å². The molecule has 3 rings (SSSR count). The van der Waals surface area contributed by atoms with Gasteiger partial charge in [0.2, 0.25) is 0 Å². The van der Waals surface area contributed by atoms with Gasteiger partial charge in [-0.1, -0.05) is 38.1 Å². The lowest BCUT2D eigenvalue weighted by Gasteiger charge is -2.12. The van der Waals surface area contributed by atoms with Gasteiger partial charge in [0.15, 0.2) is 11.6 Å². The van der Waals surface area contributed by atoms with Crippen LogP contribution in [0.2, 0.25) is 0 Å². The van der Waals surface area contributed by atoms with E-state index in [4.69, 9.17) is 0 Å². The molecule has 1 aliphatic rings. The first kappa shape index (κ1) is 13.7. The Bertz CT molecular complexity index is 712. The van der Waals surface area contributed by atoms with Crippen molar-refractivity contribution in [3.05, 3.63) is 64.5 Å². The Kier molecular flexibility index (Phi) is 3.20. The summed E-state index contributed by atoms with van der Waals surface area (Å²) < 4.78 is 0. The Morgan fingerprint density at radius 1 is 1.00 bits per heavy atom. The Labute approximate surface area is 124 Å². The second-order valence-electron chi connectivity index (χ2n) is 5.83. The van der Waals surface area contributed by atoms with E-state index in [-0.39, 0.29) is 17.5 Å². The van der Waals surface area contributed by atoms with Crippen molar-refractivity contribution in [2.24, 2.45) is 0 Å². The molecular formula is C18H17NO2. The van der Waals surface area contributed by atoms with E-state index in [0.717, 1.165) is 17.0 Å². The molecule has 0 aliphatic heterocycles. The second-order valence-corrected chi connectivity index (χ2v) is 5.83. The Morgan fingerprint density at radius 2 is 1.57 bits per heavy atom. The van der Waals surface area contributed by atoms with Crippen molar-refractivity contribution in [1.29, 1.82) is 0 Å². The zero-order valence-electron chi connectivity index (χ0n) is 12.4. The minimum atomic E-state index is -0.707. The molecule has 1 heterocycles. The molecule has 106 valence electrons. The number of pyridine rings is 1. The van der Waals surface area contributed by atoms with Crippen molar-refractivity contribution in [3.8, 4) is 0 Å². The first-order chi connectivity index (χ1) is 9.99. The number of Topliss-reactive ketones (excluding diaryl/α,β-unsaturated/α-hetero) is 2. The van der Waals surface area contributed by atoms with Gasteiger partial charge in [-0.2, -0.15) is 0 Å². The molecule has 0 radical (unpaired) electrons. The second kappa shape index (κ2) is 4.92. The summed E-state index contributed by atoms with van der Waals surface area (Å²) in [5.41, 5.74) is 3.59. The van der Waals surface area contributed by atoms with E-state index in [9.17, 15) is 9.59 Å². The summed E-state index contributed by atoms with van der Waals surface area (Å²) in [4.78, 5) is 29.6. The zero-order valence-corrected chi connectivity index (χ0v) is 12.4. The average molecular weight is 279 g/mol. The number of fused-ring (bicyclic) bond motifs is 1. The molecule has 0 unspecified atom stereocenters. The Balaban J connectivity index is 2.11. The van der Waals surface area contributed by atoms with Gasteiger partial charge in [0, 0.05) is 22.5 Å². The SMILES string of the molecule is Cc1cc(C2C(=O)c3ccccc3C2=O)cc(C(C)C)n1. The molecule has 2 aromatic rings. The highest BCUT2D eigenvalue weighted by molar-refractivity contribution is 6.29. The van der Waals surface area contributed by atoms with E-state index in [2.05, 4.69) is 18.8 Å². The standard InChI is InChI=1S/C18H17NO2/c1-10(2)15-9-12(8-11(3)19-15)16-17(20)13-6-4-5-7-14(13)18(16)21/h4-10,16H,1-3H3. The third-order valence-electron chi connectivity index (χ3n) is 3.90. The summed E-state index contributed by atoms with van der Waals surface area (Å²) in [6.45, 7) is 6.00. The molecule has 0 fully saturated rings. The van der Waals surface area contributed by atoms with Crippen molar-refractivity contribution in [2.75, 3.05) is 0 Å². The van der Waals surface area contributed by atoms with E-state index >= 15 is 0 Å². The van der Waals surface area contributed by atoms with Gasteiger partial charge in [-0.05, 0) is 30.5 Å². The first-order valence-electron chi connectivity index (χ1n) is 7.15. The van der Waals surface area contributed by atoms with Crippen molar-refractivity contribution in [1.82, 2.24) is 4.98 Å². The summed E-state index contributed by atoms with van der Waals surface area (Å²) >= 11 is 0. The lowest BCUT2D eigenvalue weighted by atomic mass is 9.92. The van der Waals surface area contributed by atoms with Gasteiger partial charge in [-0.15, -0.1) is 0 Å². The summed E-state index contributed by atoms with van der Waals surface area (Å²) in [5.74, 6) is -0.647. The van der Waals surface area contributed by atoms with Crippen LogP contribution in [0.15, 0.2) is 36.4 Å². The zero-order chi connectivity index (χ0) is 15.1. The average Bonchev–Trinajstić information content (AvgIpc) is 2.71. The van der Waals surface area contributed by atoms with Crippen molar-refractivity contribution in [2.45, 2.75) is 32.6 Å². The number of hydrogen-bond donors (Lipinski definition) is 0. The lowest BCUT2D eigenvalue weighted by molar-refractivity contribution is 0.0890. The number of nitrogens with zero attached hydrogens (tertiary/aromatic N) is 1. The lowest BCUT2D eigenvalue weighted by Crippen LogP contribution is -2.14. The van der Waals surface area contributed by atoms with E-state index in [1.165, 1.54) is 0 Å². The largest absolute Gasteiger partial charge is 0.293 e. The summed E-state index contributed by atoms with van der Waals surface area (Å²) in [7, 11) is 0. The predicted molar refractivity (Wildman–Crippen MR) is 80.9 cm³/mol. The van der Waals surface area contributed by atoms with E-state index in [1.54, 1.807) is 24.3 Å². The van der Waals surface area contributed by atoms with E-state index < -0.39 is 5.92 Å². The van der Waals surface area contributed by atoms with Crippen molar-refractivity contribution >= 4 is 11.6 Å². The molecule has 3 heteroatoms. The van der Waals surface area contributed by atoms with E-state index in [1.807, 2.05) is 19.1 Å². The van der Waals surface area contributed by atoms with Crippen LogP contribution >= 0.6 is 0 Å². The van der Waals surface area contributed by atoms with Gasteiger partial charge in [0.1, 0.15) is 5.92 Å². The third kappa shape index (κ3) is 2.19. The maximum atomic E-state index is 12.6. The number of rotatable bonds is 2. The predicted octanol–water partition coefficient (Wildman–Crippen LogP) is 3.68. The molecular weight excluding hydrogens is 262 g/mol. The molecule has 0 spiro atoms. The minimum absolute atomic E-state index is 0.101. The quantitative estimate of drug-likeness (QED) is 0.788. The number of aryl methyl sites for hydroxylation is 1. The number of carbonyl (C=O) groups excluding carboxylic acids is 2. The topological polar surface area (TPSA) is 47.0 Å². The van der Waals surface area contributed by atoms with Crippen LogP contribution in [-0.2, 0) is 0 Å². The molecule has 21 heavy (non-hydrogen) atoms. The number of aromatic nitrogens is 1. The number of benzene rings is 1. The van der Waals surface area contributed by atoms with Crippen LogP contribution in [-0.4, -0.2) is 16.6 Å². The van der Waals surface area contributed by atoms with Gasteiger partial charge in [0.25, 0.3) is 0 Å². The molecule has 1 aromatic heterocycles. The molecule has 0 bridgehead atoms. The molecule has 0 saturated carbocycles. The fraction of sp³-hybridized carbons (Fsp3) is 0.278. The van der Waals surface area contributed by atoms with Gasteiger partial charge >= 0.3 is 0 Å². The van der Waals surface area contributed by atoms with Crippen molar-refractivity contribution < 1.29 is 9.59 Å². The first-order valence-corrected chi connectivity index (χ1v) is 7.15. The summed E-state index contributed by atoms with van der Waals surface area (Å²) in [5, 5.41) is 0. The Hall–Kier alpha value is -2.29. The fourth-order valence-corrected chi connectivity index (χ4v) is 2.83. The smallest absolute Gasteiger partial charge is 0.178 e. The molecule has 0 N–H and O–H groups in total. The monoisotopic (exact) mass is 279 g/mol. The number of ketones is 2. The number of hydrogen-bond acceptors (Lipinski definition) is 3. The van der Waals surface area contributed by atoms with Crippen LogP contribution in [0, 0.1) is 6.92 Å². The Morgan fingerprint density at radius 3 is 2.10 bits per heavy atom. The normalized spacial score (nSPS) is 14.9. The number of carbonyl (C=O) groups is 2. The highest BCUT2D eigenvalue weighted by atomic mass is 16.2. The van der Waals surface area contributed by atoms with Crippen LogP contribution in [0.25, 0.3) is 0 Å². The van der Waals surface area contributed by atoms with Gasteiger partial charge in [0.05, 0.1) is 0 Å². The van der Waals surface area contributed by atoms with Gasteiger partial charge in [-0.3, -0.25) is 14.6 Å². The van der Waals surface area contributed by atoms with Crippen LogP contribution in [0.4, 0.5) is 0 Å². The van der Waals surface area contributed by atoms with Crippen LogP contribution in [0.5, 0.6) is 0 Å². The van der Waals surface area contributed by atoms with E-state index in [0.29, 0.717) is 11.1 Å². The third-order valence-corrected chi connectivity index (χ3v) is 3.90. The van der Waals surface area contributed by atoms with Gasteiger partial charge < -0.3 is 0 Å². The van der Waals surface area contributed by atoms with Gasteiger partial charge in [-0.25, -0.2) is 0 Å². The minimum Gasteiger partial charge on any atom is -0.293 e. The highest BCUT2D eigenvalue weighted by Gasteiger charge is 2.39. The van der Waals surface area contributed by atoms with Crippen molar-refractivity contribution in [3.63, 3.8) is 0 Å². The van der Waals surface area contributed by atoms with Crippen LogP contribution in [0.3, 0.4) is 0 Å². The maximum Gasteiger partial charge on any atom is 0.178 e. The maximum absolute atomic E-state index is 12.6. The van der Waals surface area contributed by atoms with Crippen LogP contribution in [0.1, 0.15) is 63.4 Å². The fourth-order valence-electron chi connectivity index (χ4n) is 2.83. The molecule has 0 saturated heterocycles. The molecule has 1 aromatic carbocycles. The molecule has 1 aliphatic carbocycles. The molecule has 0 amide bonds. The summed E-state index contributed by atoms with van der Waals surface area (Å²) in [6.07, 6.45) is 0. The molecule has 3 nitrogen and oxygen atoms in total. The summed E-state index contributed by atoms with van der Waals surface area (Å²) in [6, 6.07) is 10.8.